The molecule has 0 spiro atoms. The number of benzene rings is 1. The maximum Gasteiger partial charge on any atom is 0.321 e. The van der Waals surface area contributed by atoms with Gasteiger partial charge in [-0.3, -0.25) is 4.79 Å². The van der Waals surface area contributed by atoms with Gasteiger partial charge >= 0.3 is 6.03 Å². The number of carbonyl (C=O) groups is 2. The van der Waals surface area contributed by atoms with Crippen LogP contribution in [0.1, 0.15) is 61.9 Å². The zero-order valence-electron chi connectivity index (χ0n) is 22.5. The van der Waals surface area contributed by atoms with Gasteiger partial charge in [0.2, 0.25) is 5.88 Å². The van der Waals surface area contributed by atoms with E-state index in [9.17, 15) is 14.7 Å². The molecule has 3 amide bonds. The Morgan fingerprint density at radius 1 is 1.26 bits per heavy atom. The molecule has 2 aliphatic rings. The molecule has 2 aromatic rings. The fraction of sp³-hybridized carbons (Fsp3) is 0.500. The van der Waals surface area contributed by atoms with Crippen molar-refractivity contribution in [1.82, 2.24) is 14.8 Å². The zero-order valence-corrected chi connectivity index (χ0v) is 22.5. The van der Waals surface area contributed by atoms with Gasteiger partial charge in [0.1, 0.15) is 11.7 Å². The van der Waals surface area contributed by atoms with Crippen LogP contribution >= 0.6 is 0 Å². The number of fused-ring (bicyclic) bond motifs is 1. The molecule has 2 N–H and O–H groups in total. The summed E-state index contributed by atoms with van der Waals surface area (Å²) in [5.41, 5.74) is 1.71. The highest BCUT2D eigenvalue weighted by atomic mass is 16.5. The number of amides is 3. The first-order chi connectivity index (χ1) is 18.4. The van der Waals surface area contributed by atoms with Crippen LogP contribution in [0.3, 0.4) is 0 Å². The van der Waals surface area contributed by atoms with Crippen LogP contribution in [0.2, 0.25) is 0 Å². The van der Waals surface area contributed by atoms with Crippen molar-refractivity contribution in [1.29, 1.82) is 0 Å². The van der Waals surface area contributed by atoms with E-state index in [1.165, 1.54) is 19.3 Å². The Morgan fingerprint density at radius 2 is 2.00 bits per heavy atom. The molecule has 1 fully saturated rings. The number of aliphatic hydroxyl groups is 1. The van der Waals surface area contributed by atoms with Crippen LogP contribution in [0.15, 0.2) is 42.6 Å². The van der Waals surface area contributed by atoms with E-state index in [1.54, 1.807) is 29.1 Å². The third-order valence-corrected chi connectivity index (χ3v) is 7.37. The molecule has 38 heavy (non-hydrogen) atoms. The van der Waals surface area contributed by atoms with Crippen LogP contribution in [0.4, 0.5) is 10.5 Å². The number of aliphatic hydroxyl groups excluding tert-OH is 1. The highest BCUT2D eigenvalue weighted by molar-refractivity contribution is 5.97. The van der Waals surface area contributed by atoms with E-state index in [-0.39, 0.29) is 36.4 Å². The molecule has 4 rings (SSSR count). The van der Waals surface area contributed by atoms with Crippen LogP contribution in [-0.4, -0.2) is 70.7 Å². The van der Waals surface area contributed by atoms with Crippen LogP contribution < -0.4 is 10.1 Å². The van der Waals surface area contributed by atoms with E-state index in [0.29, 0.717) is 35.8 Å². The molecule has 1 aromatic heterocycles. The van der Waals surface area contributed by atoms with Gasteiger partial charge in [-0.05, 0) is 38.0 Å². The monoisotopic (exact) mass is 518 g/mol. The van der Waals surface area contributed by atoms with Gasteiger partial charge in [0.25, 0.3) is 5.91 Å². The van der Waals surface area contributed by atoms with Crippen LogP contribution in [0.5, 0.6) is 5.88 Å². The lowest BCUT2D eigenvalue weighted by Gasteiger charge is -2.37. The van der Waals surface area contributed by atoms with Gasteiger partial charge in [-0.1, -0.05) is 56.2 Å². The summed E-state index contributed by atoms with van der Waals surface area (Å²) in [5.74, 6) is 6.82. The molecule has 0 saturated heterocycles. The van der Waals surface area contributed by atoms with Gasteiger partial charge in [0, 0.05) is 42.9 Å². The van der Waals surface area contributed by atoms with Crippen molar-refractivity contribution in [3.63, 3.8) is 0 Å². The SMILES string of the molecule is C[C@@H]1CN([C@H](C)CO)C(=O)c2cc(C#CC3CCCCC3)cnc2O[C@H]1CN(C)C(=O)Nc1ccccc1. The molecule has 1 saturated carbocycles. The number of hydrogen-bond acceptors (Lipinski definition) is 5. The van der Waals surface area contributed by atoms with E-state index in [0.717, 1.165) is 12.8 Å². The molecule has 0 unspecified atom stereocenters. The molecule has 8 nitrogen and oxygen atoms in total. The van der Waals surface area contributed by atoms with E-state index >= 15 is 0 Å². The van der Waals surface area contributed by atoms with Gasteiger partial charge in [-0.15, -0.1) is 0 Å². The Kier molecular flexibility index (Phi) is 9.24. The van der Waals surface area contributed by atoms with Crippen molar-refractivity contribution in [2.45, 2.75) is 58.1 Å². The van der Waals surface area contributed by atoms with E-state index in [4.69, 9.17) is 4.74 Å². The lowest BCUT2D eigenvalue weighted by Crippen LogP contribution is -2.50. The zero-order chi connectivity index (χ0) is 27.1. The molecule has 8 heteroatoms. The second-order valence-corrected chi connectivity index (χ2v) is 10.5. The van der Waals surface area contributed by atoms with Crippen molar-refractivity contribution in [2.24, 2.45) is 11.8 Å². The topological polar surface area (TPSA) is 95.0 Å². The number of ether oxygens (including phenoxy) is 1. The minimum atomic E-state index is -0.423. The molecule has 202 valence electrons. The average Bonchev–Trinajstić information content (AvgIpc) is 2.94. The van der Waals surface area contributed by atoms with Crippen molar-refractivity contribution in [3.8, 4) is 17.7 Å². The number of para-hydroxylation sites is 1. The van der Waals surface area contributed by atoms with Crippen molar-refractivity contribution >= 4 is 17.6 Å². The fourth-order valence-electron chi connectivity index (χ4n) is 4.91. The Bertz CT molecular complexity index is 1170. The maximum absolute atomic E-state index is 13.6. The first kappa shape index (κ1) is 27.5. The van der Waals surface area contributed by atoms with Gasteiger partial charge < -0.3 is 25.0 Å². The summed E-state index contributed by atoms with van der Waals surface area (Å²) in [7, 11) is 1.71. The van der Waals surface area contributed by atoms with Crippen LogP contribution in [0, 0.1) is 23.7 Å². The number of nitrogens with zero attached hydrogens (tertiary/aromatic N) is 3. The first-order valence-electron chi connectivity index (χ1n) is 13.5. The van der Waals surface area contributed by atoms with Crippen molar-refractivity contribution < 1.29 is 19.4 Å². The highest BCUT2D eigenvalue weighted by Gasteiger charge is 2.34. The molecular weight excluding hydrogens is 480 g/mol. The fourth-order valence-corrected chi connectivity index (χ4v) is 4.91. The van der Waals surface area contributed by atoms with Gasteiger partial charge in [0.15, 0.2) is 0 Å². The standard InChI is InChI=1S/C30H38N4O4/c1-21-18-34(22(2)20-35)29(36)26-16-24(15-14-23-10-6-4-7-11-23)17-31-28(26)38-27(21)19-33(3)30(37)32-25-12-8-5-9-13-25/h5,8-9,12-13,16-17,21-23,27,35H,4,6-7,10-11,18-20H2,1-3H3,(H,32,37)/t21-,22-,27+/m1/s1. The molecule has 3 atom stereocenters. The summed E-state index contributed by atoms with van der Waals surface area (Å²) in [6, 6.07) is 10.4. The highest BCUT2D eigenvalue weighted by Crippen LogP contribution is 2.28. The Hall–Kier alpha value is -3.57. The summed E-state index contributed by atoms with van der Waals surface area (Å²) in [6.07, 6.45) is 7.13. The van der Waals surface area contributed by atoms with E-state index in [2.05, 4.69) is 22.1 Å². The van der Waals surface area contributed by atoms with Crippen molar-refractivity contribution in [2.75, 3.05) is 32.1 Å². The lowest BCUT2D eigenvalue weighted by molar-refractivity contribution is 0.0356. The third kappa shape index (κ3) is 6.84. The Labute approximate surface area is 225 Å². The lowest BCUT2D eigenvalue weighted by atomic mass is 9.90. The summed E-state index contributed by atoms with van der Waals surface area (Å²) in [6.45, 7) is 4.30. The van der Waals surface area contributed by atoms with Crippen LogP contribution in [0.25, 0.3) is 0 Å². The Morgan fingerprint density at radius 3 is 2.71 bits per heavy atom. The largest absolute Gasteiger partial charge is 0.472 e. The van der Waals surface area contributed by atoms with Crippen molar-refractivity contribution in [3.05, 3.63) is 53.7 Å². The number of hydrogen-bond donors (Lipinski definition) is 2. The molecule has 1 aliphatic heterocycles. The second-order valence-electron chi connectivity index (χ2n) is 10.5. The molecular formula is C30H38N4O4. The van der Waals surface area contributed by atoms with Crippen LogP contribution in [-0.2, 0) is 0 Å². The first-order valence-corrected chi connectivity index (χ1v) is 13.5. The smallest absolute Gasteiger partial charge is 0.321 e. The van der Waals surface area contributed by atoms with Gasteiger partial charge in [-0.25, -0.2) is 9.78 Å². The number of carbonyl (C=O) groups excluding carboxylic acids is 2. The molecule has 1 aromatic carbocycles. The minimum Gasteiger partial charge on any atom is -0.472 e. The number of urea groups is 1. The third-order valence-electron chi connectivity index (χ3n) is 7.37. The number of aromatic nitrogens is 1. The second kappa shape index (κ2) is 12.8. The predicted molar refractivity (Wildman–Crippen MR) is 147 cm³/mol. The predicted octanol–water partition coefficient (Wildman–Crippen LogP) is 4.40. The minimum absolute atomic E-state index is 0.124. The van der Waals surface area contributed by atoms with E-state index < -0.39 is 6.10 Å². The number of pyridine rings is 1. The molecule has 0 radical (unpaired) electrons. The number of rotatable bonds is 5. The summed E-state index contributed by atoms with van der Waals surface area (Å²) < 4.78 is 6.31. The normalized spacial score (nSPS) is 20.6. The number of anilines is 1. The number of likely N-dealkylation sites (N-methyl/N-ethyl adjacent to an activating group) is 1. The number of nitrogens with one attached hydrogen (secondary N) is 1. The van der Waals surface area contributed by atoms with Gasteiger partial charge in [0.05, 0.1) is 19.2 Å². The summed E-state index contributed by atoms with van der Waals surface area (Å²) in [5, 5.41) is 12.8. The van der Waals surface area contributed by atoms with E-state index in [1.807, 2.05) is 44.2 Å². The quantitative estimate of drug-likeness (QED) is 0.573. The Balaban J connectivity index is 1.57. The summed E-state index contributed by atoms with van der Waals surface area (Å²) >= 11 is 0. The molecule has 1 aliphatic carbocycles. The van der Waals surface area contributed by atoms with Gasteiger partial charge in [-0.2, -0.15) is 0 Å². The summed E-state index contributed by atoms with van der Waals surface area (Å²) in [4.78, 5) is 34.2. The maximum atomic E-state index is 13.6. The average molecular weight is 519 g/mol. The molecule has 2 heterocycles. The molecule has 0 bridgehead atoms.